The second-order valence-electron chi connectivity index (χ2n) is 4.71. The van der Waals surface area contributed by atoms with Crippen molar-refractivity contribution in [2.45, 2.75) is 47.0 Å². The van der Waals surface area contributed by atoms with Gasteiger partial charge in [0.25, 0.3) is 0 Å². The summed E-state index contributed by atoms with van der Waals surface area (Å²) in [5.41, 5.74) is 2.54. The lowest BCUT2D eigenvalue weighted by molar-refractivity contribution is -0.111. The summed E-state index contributed by atoms with van der Waals surface area (Å²) in [4.78, 5) is 11.8. The van der Waals surface area contributed by atoms with Crippen molar-refractivity contribution < 1.29 is 4.79 Å². The van der Waals surface area contributed by atoms with Crippen LogP contribution in [0.25, 0.3) is 0 Å². The van der Waals surface area contributed by atoms with Crippen LogP contribution in [-0.2, 0) is 4.79 Å². The van der Waals surface area contributed by atoms with Gasteiger partial charge in [-0.25, -0.2) is 0 Å². The first kappa shape index (κ1) is 11.2. The van der Waals surface area contributed by atoms with E-state index in [0.717, 1.165) is 18.4 Å². The third-order valence-corrected chi connectivity index (χ3v) is 3.31. The fourth-order valence-corrected chi connectivity index (χ4v) is 2.05. The number of hydrogen-bond donors (Lipinski definition) is 0. The van der Waals surface area contributed by atoms with Crippen LogP contribution in [0, 0.1) is 5.41 Å². The Morgan fingerprint density at radius 3 is 2.64 bits per heavy atom. The summed E-state index contributed by atoms with van der Waals surface area (Å²) < 4.78 is 0. The zero-order valence-electron chi connectivity index (χ0n) is 9.68. The molecule has 0 aromatic heterocycles. The first-order chi connectivity index (χ1) is 6.49. The predicted octanol–water partition coefficient (Wildman–Crippen LogP) is 3.66. The minimum absolute atomic E-state index is 0.206. The molecule has 0 aliphatic heterocycles. The lowest BCUT2D eigenvalue weighted by atomic mass is 9.72. The van der Waals surface area contributed by atoms with Crippen molar-refractivity contribution in [1.29, 1.82) is 0 Å². The van der Waals surface area contributed by atoms with Crippen LogP contribution in [0.4, 0.5) is 0 Å². The van der Waals surface area contributed by atoms with Crippen molar-refractivity contribution in [3.63, 3.8) is 0 Å². The standard InChI is InChI=1S/C13H20O/c1-5-7-12(14)11-8-6-9-13(3,4)10(11)2/h5,7H,6,8-9H2,1-4H3/b7-5+. The Balaban J connectivity index is 3.02. The minimum atomic E-state index is 0.206. The molecule has 0 radical (unpaired) electrons. The van der Waals surface area contributed by atoms with Crippen LogP contribution in [0.3, 0.4) is 0 Å². The molecule has 0 bridgehead atoms. The molecule has 1 heteroatoms. The van der Waals surface area contributed by atoms with Crippen molar-refractivity contribution in [2.24, 2.45) is 5.41 Å². The molecule has 1 aliphatic rings. The van der Waals surface area contributed by atoms with E-state index in [1.54, 1.807) is 6.08 Å². The van der Waals surface area contributed by atoms with Crippen LogP contribution in [0.5, 0.6) is 0 Å². The highest BCUT2D eigenvalue weighted by Gasteiger charge is 2.28. The van der Waals surface area contributed by atoms with Gasteiger partial charge >= 0.3 is 0 Å². The fourth-order valence-electron chi connectivity index (χ4n) is 2.05. The zero-order chi connectivity index (χ0) is 10.8. The normalized spacial score (nSPS) is 21.7. The highest BCUT2D eigenvalue weighted by Crippen LogP contribution is 2.40. The van der Waals surface area contributed by atoms with E-state index in [1.165, 1.54) is 12.0 Å². The molecule has 0 aromatic carbocycles. The molecule has 0 spiro atoms. The fraction of sp³-hybridized carbons (Fsp3) is 0.615. The van der Waals surface area contributed by atoms with E-state index in [-0.39, 0.29) is 11.2 Å². The number of hydrogen-bond acceptors (Lipinski definition) is 1. The molecule has 0 heterocycles. The Morgan fingerprint density at radius 1 is 1.43 bits per heavy atom. The van der Waals surface area contributed by atoms with Gasteiger partial charge in [-0.15, -0.1) is 0 Å². The Bertz CT molecular complexity index is 292. The maximum Gasteiger partial charge on any atom is 0.181 e. The summed E-state index contributed by atoms with van der Waals surface area (Å²) in [7, 11) is 0. The number of ketones is 1. The zero-order valence-corrected chi connectivity index (χ0v) is 9.68. The van der Waals surface area contributed by atoms with E-state index in [9.17, 15) is 4.79 Å². The van der Waals surface area contributed by atoms with Gasteiger partial charge < -0.3 is 0 Å². The van der Waals surface area contributed by atoms with E-state index < -0.39 is 0 Å². The Labute approximate surface area is 86.9 Å². The maximum atomic E-state index is 11.8. The molecule has 0 aromatic rings. The highest BCUT2D eigenvalue weighted by atomic mass is 16.1. The molecular weight excluding hydrogens is 172 g/mol. The van der Waals surface area contributed by atoms with Crippen molar-refractivity contribution in [3.8, 4) is 0 Å². The molecule has 14 heavy (non-hydrogen) atoms. The molecule has 0 fully saturated rings. The average molecular weight is 192 g/mol. The van der Waals surface area contributed by atoms with Crippen molar-refractivity contribution in [3.05, 3.63) is 23.3 Å². The van der Waals surface area contributed by atoms with Crippen molar-refractivity contribution in [2.75, 3.05) is 0 Å². The molecule has 0 unspecified atom stereocenters. The second-order valence-corrected chi connectivity index (χ2v) is 4.71. The summed E-state index contributed by atoms with van der Waals surface area (Å²) in [5.74, 6) is 0.206. The van der Waals surface area contributed by atoms with Crippen LogP contribution in [0.1, 0.15) is 47.0 Å². The number of carbonyl (C=O) groups excluding carboxylic acids is 1. The Morgan fingerprint density at radius 2 is 2.07 bits per heavy atom. The maximum absolute atomic E-state index is 11.8. The van der Waals surface area contributed by atoms with Gasteiger partial charge in [-0.05, 0) is 50.2 Å². The average Bonchev–Trinajstić information content (AvgIpc) is 2.10. The summed E-state index contributed by atoms with van der Waals surface area (Å²) in [5, 5.41) is 0. The highest BCUT2D eigenvalue weighted by molar-refractivity contribution is 6.04. The lowest BCUT2D eigenvalue weighted by Gasteiger charge is -2.32. The lowest BCUT2D eigenvalue weighted by Crippen LogP contribution is -2.21. The molecule has 0 N–H and O–H groups in total. The molecule has 0 atom stereocenters. The third-order valence-electron chi connectivity index (χ3n) is 3.31. The SMILES string of the molecule is C/C=C/C(=O)C1=C(C)C(C)(C)CCC1. The van der Waals surface area contributed by atoms with Gasteiger partial charge in [0.05, 0.1) is 0 Å². The van der Waals surface area contributed by atoms with Crippen molar-refractivity contribution >= 4 is 5.78 Å². The van der Waals surface area contributed by atoms with Gasteiger partial charge in [0.15, 0.2) is 5.78 Å². The minimum Gasteiger partial charge on any atom is -0.290 e. The number of rotatable bonds is 2. The number of allylic oxidation sites excluding steroid dienone is 4. The molecule has 78 valence electrons. The summed E-state index contributed by atoms with van der Waals surface area (Å²) in [6, 6.07) is 0. The Kier molecular flexibility index (Phi) is 3.30. The van der Waals surface area contributed by atoms with Gasteiger partial charge in [0, 0.05) is 0 Å². The van der Waals surface area contributed by atoms with Gasteiger partial charge in [0.1, 0.15) is 0 Å². The topological polar surface area (TPSA) is 17.1 Å². The van der Waals surface area contributed by atoms with Crippen molar-refractivity contribution in [1.82, 2.24) is 0 Å². The molecule has 1 nitrogen and oxygen atoms in total. The molecule has 0 saturated heterocycles. The van der Waals surface area contributed by atoms with Crippen LogP contribution >= 0.6 is 0 Å². The van der Waals surface area contributed by atoms with Gasteiger partial charge in [-0.3, -0.25) is 4.79 Å². The van der Waals surface area contributed by atoms with Gasteiger partial charge in [0.2, 0.25) is 0 Å². The van der Waals surface area contributed by atoms with Crippen LogP contribution < -0.4 is 0 Å². The van der Waals surface area contributed by atoms with E-state index in [2.05, 4.69) is 20.8 Å². The van der Waals surface area contributed by atoms with Gasteiger partial charge in [-0.2, -0.15) is 0 Å². The van der Waals surface area contributed by atoms with Crippen LogP contribution in [0.2, 0.25) is 0 Å². The molecule has 1 rings (SSSR count). The molecular formula is C13H20O. The quantitative estimate of drug-likeness (QED) is 0.610. The summed E-state index contributed by atoms with van der Waals surface area (Å²) >= 11 is 0. The van der Waals surface area contributed by atoms with E-state index in [0.29, 0.717) is 0 Å². The molecule has 0 saturated carbocycles. The van der Waals surface area contributed by atoms with E-state index in [1.807, 2.05) is 13.0 Å². The number of carbonyl (C=O) groups is 1. The first-order valence-corrected chi connectivity index (χ1v) is 5.36. The van der Waals surface area contributed by atoms with Crippen LogP contribution in [-0.4, -0.2) is 5.78 Å². The monoisotopic (exact) mass is 192 g/mol. The van der Waals surface area contributed by atoms with E-state index in [4.69, 9.17) is 0 Å². The Hall–Kier alpha value is -0.850. The second kappa shape index (κ2) is 4.12. The predicted molar refractivity (Wildman–Crippen MR) is 60.2 cm³/mol. The first-order valence-electron chi connectivity index (χ1n) is 5.36. The smallest absolute Gasteiger partial charge is 0.181 e. The molecule has 0 amide bonds. The summed E-state index contributed by atoms with van der Waals surface area (Å²) in [6.07, 6.45) is 6.80. The third kappa shape index (κ3) is 2.14. The summed E-state index contributed by atoms with van der Waals surface area (Å²) in [6.45, 7) is 8.45. The van der Waals surface area contributed by atoms with Gasteiger partial charge in [-0.1, -0.05) is 25.5 Å². The largest absolute Gasteiger partial charge is 0.290 e. The van der Waals surface area contributed by atoms with Crippen LogP contribution in [0.15, 0.2) is 23.3 Å². The van der Waals surface area contributed by atoms with E-state index >= 15 is 0 Å². The molecule has 1 aliphatic carbocycles.